The van der Waals surface area contributed by atoms with E-state index in [4.69, 9.17) is 19.2 Å². The van der Waals surface area contributed by atoms with Crippen molar-refractivity contribution in [1.29, 1.82) is 0 Å². The molecule has 1 heterocycles. The lowest BCUT2D eigenvalue weighted by atomic mass is 9.66. The molecule has 0 spiro atoms. The van der Waals surface area contributed by atoms with Crippen LogP contribution in [-0.4, -0.2) is 43.8 Å². The zero-order valence-electron chi connectivity index (χ0n) is 21.0. The molecule has 0 radical (unpaired) electrons. The number of carbonyl (C=O) groups is 3. The predicted molar refractivity (Wildman–Crippen MR) is 139 cm³/mol. The molecule has 2 atom stereocenters. The lowest BCUT2D eigenvalue weighted by Gasteiger charge is -2.33. The Morgan fingerprint density at radius 3 is 1.84 bits per heavy atom. The molecule has 4 rings (SSSR count). The molecule has 0 aromatic heterocycles. The summed E-state index contributed by atoms with van der Waals surface area (Å²) >= 11 is 0. The maximum atomic E-state index is 14.2. The maximum absolute atomic E-state index is 14.2. The van der Waals surface area contributed by atoms with Gasteiger partial charge in [-0.1, -0.05) is 60.7 Å². The summed E-state index contributed by atoms with van der Waals surface area (Å²) in [4.78, 5) is 47.0. The van der Waals surface area contributed by atoms with Crippen molar-refractivity contribution in [3.05, 3.63) is 102 Å². The minimum absolute atomic E-state index is 0.0120. The predicted octanol–water partition coefficient (Wildman–Crippen LogP) is 4.85. The normalized spacial score (nSPS) is 18.0. The number of methoxy groups -OCH3 is 1. The molecule has 3 aromatic carbocycles. The molecule has 7 nitrogen and oxygen atoms in total. The Balaban J connectivity index is 2.04. The summed E-state index contributed by atoms with van der Waals surface area (Å²) in [5.41, 5.74) is -0.439. The van der Waals surface area contributed by atoms with Gasteiger partial charge in [-0.15, -0.1) is 0 Å². The summed E-state index contributed by atoms with van der Waals surface area (Å²) in [6.45, 7) is 3.33. The van der Waals surface area contributed by atoms with Gasteiger partial charge in [-0.3, -0.25) is 19.4 Å². The van der Waals surface area contributed by atoms with Crippen molar-refractivity contribution in [3.8, 4) is 5.75 Å². The largest absolute Gasteiger partial charge is 0.497 e. The second-order valence-corrected chi connectivity index (χ2v) is 8.52. The maximum Gasteiger partial charge on any atom is 0.330 e. The van der Waals surface area contributed by atoms with Crippen LogP contribution in [-0.2, 0) is 19.1 Å². The summed E-state index contributed by atoms with van der Waals surface area (Å²) in [7, 11) is 1.55. The Bertz CT molecular complexity index is 1270. The van der Waals surface area contributed by atoms with Crippen LogP contribution < -0.4 is 4.74 Å². The lowest BCUT2D eigenvalue weighted by Crippen LogP contribution is -2.54. The topological polar surface area (TPSA) is 91.3 Å². The van der Waals surface area contributed by atoms with Gasteiger partial charge in [0.05, 0.1) is 38.0 Å². The molecule has 0 fully saturated rings. The molecule has 0 amide bonds. The van der Waals surface area contributed by atoms with Crippen molar-refractivity contribution >= 4 is 23.4 Å². The molecule has 0 aliphatic carbocycles. The summed E-state index contributed by atoms with van der Waals surface area (Å²) < 4.78 is 16.3. The first-order chi connectivity index (χ1) is 18.0. The molecule has 1 aliphatic heterocycles. The highest BCUT2D eigenvalue weighted by molar-refractivity contribution is 6.31. The SMILES string of the molecule is CCOC(=O)C1(C(=O)OCC)C(c2ccc(OC)cc2)=N[C@@H](c2ccccc2)[C@H]1C(=O)c1ccccc1. The van der Waals surface area contributed by atoms with E-state index in [1.54, 1.807) is 75.6 Å². The summed E-state index contributed by atoms with van der Waals surface area (Å²) in [5.74, 6) is -2.77. The van der Waals surface area contributed by atoms with Gasteiger partial charge in [-0.25, -0.2) is 0 Å². The quantitative estimate of drug-likeness (QED) is 0.237. The Kier molecular flexibility index (Phi) is 7.82. The Hall–Kier alpha value is -4.26. The first-order valence-electron chi connectivity index (χ1n) is 12.2. The van der Waals surface area contributed by atoms with E-state index in [1.807, 2.05) is 30.3 Å². The van der Waals surface area contributed by atoms with E-state index >= 15 is 0 Å². The number of benzene rings is 3. The molecule has 190 valence electrons. The standard InChI is InChI=1S/C30H29NO6/c1-4-36-28(33)30(29(34)37-5-2)24(26(32)21-14-10-7-11-15-21)25(20-12-8-6-9-13-20)31-27(30)22-16-18-23(35-3)19-17-22/h6-19,24-25H,4-5H2,1-3H3/t24-,25-/m0/s1. The molecule has 7 heteroatoms. The van der Waals surface area contributed by atoms with Crippen molar-refractivity contribution in [2.24, 2.45) is 16.3 Å². The third kappa shape index (κ3) is 4.65. The fourth-order valence-corrected chi connectivity index (χ4v) is 4.81. The van der Waals surface area contributed by atoms with E-state index in [-0.39, 0.29) is 18.9 Å². The van der Waals surface area contributed by atoms with Crippen LogP contribution in [0.1, 0.15) is 41.4 Å². The van der Waals surface area contributed by atoms with Gasteiger partial charge in [0.2, 0.25) is 5.41 Å². The number of rotatable bonds is 9. The van der Waals surface area contributed by atoms with E-state index in [1.165, 1.54) is 0 Å². The number of Topliss-reactive ketones (excluding diaryl/α,β-unsaturated/α-hetero) is 1. The molecular weight excluding hydrogens is 470 g/mol. The summed E-state index contributed by atoms with van der Waals surface area (Å²) in [6, 6.07) is 23.8. The second kappa shape index (κ2) is 11.2. The Labute approximate surface area is 216 Å². The van der Waals surface area contributed by atoms with E-state index in [9.17, 15) is 14.4 Å². The van der Waals surface area contributed by atoms with Gasteiger partial charge >= 0.3 is 11.9 Å². The second-order valence-electron chi connectivity index (χ2n) is 8.52. The van der Waals surface area contributed by atoms with Gasteiger partial charge in [0.15, 0.2) is 5.78 Å². The first kappa shape index (κ1) is 25.8. The van der Waals surface area contributed by atoms with Crippen LogP contribution in [0.2, 0.25) is 0 Å². The third-order valence-corrected chi connectivity index (χ3v) is 6.46. The van der Waals surface area contributed by atoms with Crippen molar-refractivity contribution in [3.63, 3.8) is 0 Å². The summed E-state index contributed by atoms with van der Waals surface area (Å²) in [5, 5.41) is 0. The van der Waals surface area contributed by atoms with Gasteiger partial charge in [0.25, 0.3) is 0 Å². The monoisotopic (exact) mass is 499 g/mol. The number of hydrogen-bond acceptors (Lipinski definition) is 7. The number of aliphatic imine (C=N–C) groups is 1. The highest BCUT2D eigenvalue weighted by Crippen LogP contribution is 2.51. The Morgan fingerprint density at radius 2 is 1.32 bits per heavy atom. The molecular formula is C30H29NO6. The van der Waals surface area contributed by atoms with Gasteiger partial charge in [0.1, 0.15) is 5.75 Å². The minimum atomic E-state index is -2.12. The van der Waals surface area contributed by atoms with Gasteiger partial charge in [-0.05, 0) is 49.2 Å². The zero-order valence-corrected chi connectivity index (χ0v) is 21.0. The molecule has 1 aliphatic rings. The van der Waals surface area contributed by atoms with Crippen molar-refractivity contribution < 1.29 is 28.6 Å². The van der Waals surface area contributed by atoms with Gasteiger partial charge < -0.3 is 14.2 Å². The van der Waals surface area contributed by atoms with E-state index in [0.717, 1.165) is 0 Å². The number of hydrogen-bond donors (Lipinski definition) is 0. The van der Waals surface area contributed by atoms with Crippen LogP contribution in [0.4, 0.5) is 0 Å². The highest BCUT2D eigenvalue weighted by atomic mass is 16.6. The molecule has 3 aromatic rings. The van der Waals surface area contributed by atoms with Gasteiger partial charge in [0, 0.05) is 5.56 Å². The van der Waals surface area contributed by atoms with Crippen molar-refractivity contribution in [2.45, 2.75) is 19.9 Å². The number of esters is 2. The zero-order chi connectivity index (χ0) is 26.4. The fourth-order valence-electron chi connectivity index (χ4n) is 4.81. The average molecular weight is 500 g/mol. The number of carbonyl (C=O) groups excluding carboxylic acids is 3. The molecule has 0 saturated carbocycles. The van der Waals surface area contributed by atoms with Crippen LogP contribution in [0.25, 0.3) is 0 Å². The number of ketones is 1. The molecule has 0 N–H and O–H groups in total. The number of nitrogens with zero attached hydrogens (tertiary/aromatic N) is 1. The summed E-state index contributed by atoms with van der Waals surface area (Å²) in [6.07, 6.45) is 0. The van der Waals surface area contributed by atoms with Crippen LogP contribution in [0.3, 0.4) is 0 Å². The first-order valence-corrected chi connectivity index (χ1v) is 12.2. The highest BCUT2D eigenvalue weighted by Gasteiger charge is 2.67. The van der Waals surface area contributed by atoms with Crippen LogP contribution in [0, 0.1) is 11.3 Å². The van der Waals surface area contributed by atoms with Gasteiger partial charge in [-0.2, -0.15) is 0 Å². The smallest absolute Gasteiger partial charge is 0.330 e. The number of ether oxygens (including phenoxy) is 3. The molecule has 37 heavy (non-hydrogen) atoms. The van der Waals surface area contributed by atoms with E-state index in [2.05, 4.69) is 0 Å². The third-order valence-electron chi connectivity index (χ3n) is 6.46. The Morgan fingerprint density at radius 1 is 0.784 bits per heavy atom. The van der Waals surface area contributed by atoms with Crippen LogP contribution in [0.5, 0.6) is 5.75 Å². The van der Waals surface area contributed by atoms with E-state index < -0.39 is 35.1 Å². The molecule has 0 unspecified atom stereocenters. The minimum Gasteiger partial charge on any atom is -0.497 e. The fraction of sp³-hybridized carbons (Fsp3) is 0.267. The van der Waals surface area contributed by atoms with Crippen molar-refractivity contribution in [1.82, 2.24) is 0 Å². The van der Waals surface area contributed by atoms with E-state index in [0.29, 0.717) is 22.4 Å². The lowest BCUT2D eigenvalue weighted by molar-refractivity contribution is -0.168. The van der Waals surface area contributed by atoms with Crippen LogP contribution in [0.15, 0.2) is 89.9 Å². The molecule has 0 saturated heterocycles. The van der Waals surface area contributed by atoms with Crippen LogP contribution >= 0.6 is 0 Å². The van der Waals surface area contributed by atoms with Crippen molar-refractivity contribution in [2.75, 3.05) is 20.3 Å². The average Bonchev–Trinajstić information content (AvgIpc) is 3.31. The molecule has 0 bridgehead atoms.